The molecule has 3 aromatic rings. The highest BCUT2D eigenvalue weighted by molar-refractivity contribution is 7.91. The number of hydrogen-bond donors (Lipinski definition) is 1. The van der Waals surface area contributed by atoms with Gasteiger partial charge in [0.1, 0.15) is 30.1 Å². The molecule has 3 rings (SSSR count). The van der Waals surface area contributed by atoms with Crippen LogP contribution in [0.25, 0.3) is 11.1 Å². The zero-order valence-electron chi connectivity index (χ0n) is 25.5. The number of amides is 1. The van der Waals surface area contributed by atoms with Crippen molar-refractivity contribution in [3.63, 3.8) is 0 Å². The van der Waals surface area contributed by atoms with E-state index in [1.807, 2.05) is 22.9 Å². The third-order valence-corrected chi connectivity index (χ3v) is 7.17. The Morgan fingerprint density at radius 2 is 1.38 bits per heavy atom. The van der Waals surface area contributed by atoms with Crippen LogP contribution in [-0.4, -0.2) is 38.2 Å². The fourth-order valence-corrected chi connectivity index (χ4v) is 5.26. The highest BCUT2D eigenvalue weighted by atomic mass is 32.2. The Kier molecular flexibility index (Phi) is 9.94. The molecule has 0 unspecified atom stereocenters. The fourth-order valence-electron chi connectivity index (χ4n) is 4.23. The monoisotopic (exact) mass is 596 g/mol. The second kappa shape index (κ2) is 12.9. The third-order valence-electron chi connectivity index (χ3n) is 5.82. The van der Waals surface area contributed by atoms with E-state index >= 15 is 0 Å². The average Bonchev–Trinajstić information content (AvgIpc) is 2.84. The quantitative estimate of drug-likeness (QED) is 0.282. The van der Waals surface area contributed by atoms with Gasteiger partial charge in [0.05, 0.1) is 5.69 Å². The smallest absolute Gasteiger partial charge is 0.422 e. The summed E-state index contributed by atoms with van der Waals surface area (Å²) in [6, 6.07) is 20.5. The molecule has 9 nitrogen and oxygen atoms in total. The molecule has 1 N–H and O–H groups in total. The molecule has 0 aliphatic carbocycles. The van der Waals surface area contributed by atoms with Crippen LogP contribution in [0.2, 0.25) is 0 Å². The number of nitrogens with zero attached hydrogens (tertiary/aromatic N) is 1. The summed E-state index contributed by atoms with van der Waals surface area (Å²) in [6.45, 7) is 13.6. The predicted octanol–water partition coefficient (Wildman–Crippen LogP) is 6.47. The normalized spacial score (nSPS) is 11.9. The summed E-state index contributed by atoms with van der Waals surface area (Å²) in [4.78, 5) is 24.9. The summed E-state index contributed by atoms with van der Waals surface area (Å²) in [7, 11) is -4.54. The van der Waals surface area contributed by atoms with Crippen molar-refractivity contribution >= 4 is 28.0 Å². The van der Waals surface area contributed by atoms with Crippen LogP contribution in [0.15, 0.2) is 66.7 Å². The van der Waals surface area contributed by atoms with Crippen LogP contribution in [0.1, 0.15) is 58.2 Å². The molecule has 0 bridgehead atoms. The minimum Gasteiger partial charge on any atom is -0.489 e. The van der Waals surface area contributed by atoms with E-state index in [0.717, 1.165) is 15.4 Å². The van der Waals surface area contributed by atoms with E-state index in [1.54, 1.807) is 53.7 Å². The van der Waals surface area contributed by atoms with Crippen molar-refractivity contribution in [1.29, 1.82) is 0 Å². The summed E-state index contributed by atoms with van der Waals surface area (Å²) in [5.41, 5.74) is 4.00. The van der Waals surface area contributed by atoms with Crippen LogP contribution in [-0.2, 0) is 31.1 Å². The molecule has 226 valence electrons. The summed E-state index contributed by atoms with van der Waals surface area (Å²) in [6.07, 6.45) is -1.17. The lowest BCUT2D eigenvalue weighted by atomic mass is 9.95. The van der Waals surface area contributed by atoms with Gasteiger partial charge in [-0.05, 0) is 114 Å². The summed E-state index contributed by atoms with van der Waals surface area (Å²) < 4.78 is 45.4. The third kappa shape index (κ3) is 9.51. The molecule has 3 aromatic carbocycles. The Bertz CT molecular complexity index is 1500. The predicted molar refractivity (Wildman–Crippen MR) is 164 cm³/mol. The molecule has 0 aromatic heterocycles. The van der Waals surface area contributed by atoms with E-state index in [1.165, 1.54) is 28.8 Å². The van der Waals surface area contributed by atoms with E-state index in [0.29, 0.717) is 5.75 Å². The SMILES string of the molecule is Cc1cccc(C)c1-c1cccc(COc2ccc(N(CC(=O)OC(C)(C)C)S(=O)(=O)NC(=O)OC(C)(C)C)cc2)c1. The van der Waals surface area contributed by atoms with Crippen LogP contribution < -0.4 is 13.8 Å². The number of nitrogens with one attached hydrogen (secondary N) is 1. The maximum atomic E-state index is 13.2. The van der Waals surface area contributed by atoms with Gasteiger partial charge in [-0.1, -0.05) is 36.4 Å². The van der Waals surface area contributed by atoms with Gasteiger partial charge in [0.2, 0.25) is 0 Å². The molecule has 1 amide bonds. The number of carbonyl (C=O) groups is 2. The first kappa shape index (κ1) is 32.5. The topological polar surface area (TPSA) is 111 Å². The molecule has 0 aliphatic heterocycles. The van der Waals surface area contributed by atoms with Gasteiger partial charge in [0, 0.05) is 0 Å². The number of benzene rings is 3. The Morgan fingerprint density at radius 3 is 1.95 bits per heavy atom. The Morgan fingerprint density at radius 1 is 0.810 bits per heavy atom. The molecule has 0 heterocycles. The fraction of sp³-hybridized carbons (Fsp3) is 0.375. The second-order valence-corrected chi connectivity index (χ2v) is 13.5. The summed E-state index contributed by atoms with van der Waals surface area (Å²) >= 11 is 0. The van der Waals surface area contributed by atoms with Crippen LogP contribution in [0, 0.1) is 13.8 Å². The Labute approximate surface area is 249 Å². The second-order valence-electron chi connectivity index (χ2n) is 12.0. The lowest BCUT2D eigenvalue weighted by molar-refractivity contribution is -0.152. The molecule has 0 aliphatic rings. The first-order chi connectivity index (χ1) is 19.4. The van der Waals surface area contributed by atoms with Gasteiger partial charge in [-0.25, -0.2) is 13.8 Å². The van der Waals surface area contributed by atoms with Gasteiger partial charge in [-0.3, -0.25) is 4.79 Å². The van der Waals surface area contributed by atoms with Gasteiger partial charge < -0.3 is 14.2 Å². The van der Waals surface area contributed by atoms with Crippen molar-refractivity contribution in [1.82, 2.24) is 4.72 Å². The van der Waals surface area contributed by atoms with Crippen LogP contribution >= 0.6 is 0 Å². The molecule has 0 radical (unpaired) electrons. The van der Waals surface area contributed by atoms with E-state index in [-0.39, 0.29) is 12.3 Å². The van der Waals surface area contributed by atoms with Crippen LogP contribution in [0.3, 0.4) is 0 Å². The molecule has 42 heavy (non-hydrogen) atoms. The van der Waals surface area contributed by atoms with Crippen molar-refractivity contribution in [2.75, 3.05) is 10.8 Å². The van der Waals surface area contributed by atoms with Crippen molar-refractivity contribution in [2.24, 2.45) is 0 Å². The summed E-state index contributed by atoms with van der Waals surface area (Å²) in [5, 5.41) is 0. The number of rotatable bonds is 9. The number of anilines is 1. The lowest BCUT2D eigenvalue weighted by Crippen LogP contribution is -2.48. The van der Waals surface area contributed by atoms with E-state index < -0.39 is 40.0 Å². The first-order valence-electron chi connectivity index (χ1n) is 13.6. The Balaban J connectivity index is 1.80. The Hall–Kier alpha value is -4.05. The van der Waals surface area contributed by atoms with Gasteiger partial charge in [0.25, 0.3) is 0 Å². The number of esters is 1. The minimum absolute atomic E-state index is 0.126. The lowest BCUT2D eigenvalue weighted by Gasteiger charge is -2.27. The number of carbonyl (C=O) groups excluding carboxylic acids is 2. The van der Waals surface area contributed by atoms with Gasteiger partial charge >= 0.3 is 22.3 Å². The van der Waals surface area contributed by atoms with Crippen molar-refractivity contribution in [3.05, 3.63) is 83.4 Å². The molecule has 10 heteroatoms. The van der Waals surface area contributed by atoms with E-state index in [2.05, 4.69) is 38.1 Å². The molecule has 0 saturated heterocycles. The van der Waals surface area contributed by atoms with Crippen LogP contribution in [0.4, 0.5) is 10.5 Å². The largest absolute Gasteiger partial charge is 0.489 e. The van der Waals surface area contributed by atoms with Crippen molar-refractivity contribution in [2.45, 2.75) is 73.2 Å². The minimum atomic E-state index is -4.54. The van der Waals surface area contributed by atoms with Crippen molar-refractivity contribution < 1.29 is 32.2 Å². The van der Waals surface area contributed by atoms with E-state index in [4.69, 9.17) is 14.2 Å². The zero-order chi connectivity index (χ0) is 31.3. The average molecular weight is 597 g/mol. The van der Waals surface area contributed by atoms with Gasteiger partial charge in [0.15, 0.2) is 0 Å². The molecular formula is C32H40N2O7S. The number of aryl methyl sites for hydroxylation is 2. The molecular weight excluding hydrogens is 556 g/mol. The highest BCUT2D eigenvalue weighted by Crippen LogP contribution is 2.28. The molecule has 0 saturated carbocycles. The maximum Gasteiger partial charge on any atom is 0.422 e. The van der Waals surface area contributed by atoms with Gasteiger partial charge in [-0.2, -0.15) is 8.42 Å². The highest BCUT2D eigenvalue weighted by Gasteiger charge is 2.31. The molecule has 0 spiro atoms. The number of hydrogen-bond acceptors (Lipinski definition) is 7. The van der Waals surface area contributed by atoms with E-state index in [9.17, 15) is 18.0 Å². The molecule has 0 fully saturated rings. The standard InChI is InChI=1S/C32H40N2O7S/c1-22-11-9-12-23(2)29(22)25-14-10-13-24(19-25)21-39-27-17-15-26(16-18-27)34(20-28(35)40-31(3,4)5)42(37,38)33-30(36)41-32(6,7)8/h9-19H,20-21H2,1-8H3,(H,33,36). The first-order valence-corrected chi connectivity index (χ1v) is 15.0. The van der Waals surface area contributed by atoms with Crippen molar-refractivity contribution in [3.8, 4) is 16.9 Å². The molecule has 0 atom stereocenters. The maximum absolute atomic E-state index is 13.2. The zero-order valence-corrected chi connectivity index (χ0v) is 26.3. The van der Waals surface area contributed by atoms with Gasteiger partial charge in [-0.15, -0.1) is 0 Å². The summed E-state index contributed by atoms with van der Waals surface area (Å²) in [5.74, 6) is -0.299. The van der Waals surface area contributed by atoms with Crippen LogP contribution in [0.5, 0.6) is 5.75 Å². The number of ether oxygens (including phenoxy) is 3.